The first-order valence-electron chi connectivity index (χ1n) is 18.6. The van der Waals surface area contributed by atoms with Gasteiger partial charge in [-0.1, -0.05) is 117 Å². The summed E-state index contributed by atoms with van der Waals surface area (Å²) < 4.78 is 0. The standard InChI is InChI=1S/C38H64N2O6/c1-3-5-7-9-11-13-15-17-19-23-32(41)38(33(42)24-20-18-16-14-12-10-8-6-4-2)30-37(27-25-34(43)44,28-26-35(45)46)40-36(38)31-22-21-29-39-31/h21-22,29,36,39-40H,3-20,23-28,30H2,1-2H3,(H,43,44)(H,45,46). The Morgan fingerprint density at radius 1 is 0.652 bits per heavy atom. The molecule has 1 atom stereocenters. The van der Waals surface area contributed by atoms with Gasteiger partial charge in [-0.2, -0.15) is 0 Å². The van der Waals surface area contributed by atoms with Gasteiger partial charge in [-0.05, 0) is 44.2 Å². The van der Waals surface area contributed by atoms with Crippen molar-refractivity contribution < 1.29 is 29.4 Å². The number of carbonyl (C=O) groups is 4. The first-order chi connectivity index (χ1) is 22.2. The third kappa shape index (κ3) is 13.3. The molecule has 1 aliphatic rings. The Kier molecular flexibility index (Phi) is 19.1. The molecule has 1 aliphatic heterocycles. The maximum absolute atomic E-state index is 14.4. The number of rotatable bonds is 29. The van der Waals surface area contributed by atoms with E-state index in [1.54, 1.807) is 6.20 Å². The summed E-state index contributed by atoms with van der Waals surface area (Å²) in [6.07, 6.45) is 22.7. The highest BCUT2D eigenvalue weighted by Gasteiger charge is 2.61. The second kappa shape index (κ2) is 22.2. The van der Waals surface area contributed by atoms with Gasteiger partial charge in [0.05, 0.1) is 6.04 Å². The number of aliphatic carboxylic acids is 2. The van der Waals surface area contributed by atoms with Crippen molar-refractivity contribution in [2.24, 2.45) is 5.41 Å². The van der Waals surface area contributed by atoms with Gasteiger partial charge in [-0.3, -0.25) is 19.2 Å². The molecule has 0 amide bonds. The van der Waals surface area contributed by atoms with E-state index in [0.717, 1.165) is 51.4 Å². The molecule has 4 N–H and O–H groups in total. The molecule has 46 heavy (non-hydrogen) atoms. The van der Waals surface area contributed by atoms with E-state index < -0.39 is 28.9 Å². The van der Waals surface area contributed by atoms with E-state index in [0.29, 0.717) is 18.5 Å². The third-order valence-corrected chi connectivity index (χ3v) is 10.1. The molecule has 0 radical (unpaired) electrons. The van der Waals surface area contributed by atoms with E-state index in [-0.39, 0.29) is 43.7 Å². The molecule has 1 aromatic rings. The largest absolute Gasteiger partial charge is 0.481 e. The topological polar surface area (TPSA) is 137 Å². The summed E-state index contributed by atoms with van der Waals surface area (Å²) in [4.78, 5) is 55.5. The van der Waals surface area contributed by atoms with E-state index >= 15 is 0 Å². The molecule has 0 saturated carbocycles. The van der Waals surface area contributed by atoms with Crippen LogP contribution in [0.5, 0.6) is 0 Å². The van der Waals surface area contributed by atoms with Gasteiger partial charge in [0.25, 0.3) is 0 Å². The van der Waals surface area contributed by atoms with Crippen LogP contribution in [-0.2, 0) is 19.2 Å². The highest BCUT2D eigenvalue weighted by atomic mass is 16.4. The molecule has 2 heterocycles. The van der Waals surface area contributed by atoms with E-state index in [9.17, 15) is 29.4 Å². The number of ketones is 2. The van der Waals surface area contributed by atoms with Gasteiger partial charge in [0.2, 0.25) is 0 Å². The average molecular weight is 645 g/mol. The molecule has 1 unspecified atom stereocenters. The normalized spacial score (nSPS) is 16.9. The van der Waals surface area contributed by atoms with Crippen LogP contribution in [0.4, 0.5) is 0 Å². The Labute approximate surface area is 278 Å². The van der Waals surface area contributed by atoms with Gasteiger partial charge < -0.3 is 20.5 Å². The molecule has 0 aromatic carbocycles. The predicted octanol–water partition coefficient (Wildman–Crippen LogP) is 9.48. The highest BCUT2D eigenvalue weighted by Crippen LogP contribution is 2.53. The molecule has 0 aliphatic carbocycles. The fourth-order valence-corrected chi connectivity index (χ4v) is 7.43. The molecular formula is C38H64N2O6. The first-order valence-corrected chi connectivity index (χ1v) is 18.6. The second-order valence-electron chi connectivity index (χ2n) is 13.9. The van der Waals surface area contributed by atoms with Crippen LogP contribution in [-0.4, -0.2) is 44.2 Å². The van der Waals surface area contributed by atoms with Gasteiger partial charge in [0.15, 0.2) is 0 Å². The lowest BCUT2D eigenvalue weighted by Crippen LogP contribution is -2.44. The molecule has 0 spiro atoms. The number of aromatic amines is 1. The SMILES string of the molecule is CCCCCCCCCCCC(=O)C1(C(=O)CCCCCCCCCCC)CC(CCC(=O)O)(CCC(=O)O)NC1c1ccc[nH]1. The smallest absolute Gasteiger partial charge is 0.303 e. The fraction of sp³-hybridized carbons (Fsp3) is 0.789. The van der Waals surface area contributed by atoms with E-state index in [1.807, 2.05) is 12.1 Å². The number of nitrogens with one attached hydrogen (secondary N) is 2. The summed E-state index contributed by atoms with van der Waals surface area (Å²) in [7, 11) is 0. The zero-order valence-electron chi connectivity index (χ0n) is 29.0. The molecule has 262 valence electrons. The number of carboxylic acid groups (broad SMARTS) is 2. The van der Waals surface area contributed by atoms with Gasteiger partial charge in [0, 0.05) is 43.1 Å². The summed E-state index contributed by atoms with van der Waals surface area (Å²) in [6.45, 7) is 4.43. The summed E-state index contributed by atoms with van der Waals surface area (Å²) in [5, 5.41) is 22.7. The van der Waals surface area contributed by atoms with Gasteiger partial charge >= 0.3 is 11.9 Å². The minimum Gasteiger partial charge on any atom is -0.481 e. The molecule has 1 aromatic heterocycles. The minimum atomic E-state index is -1.36. The Bertz CT molecular complexity index is 968. The number of hydrogen-bond donors (Lipinski definition) is 4. The predicted molar refractivity (Wildman–Crippen MR) is 184 cm³/mol. The lowest BCUT2D eigenvalue weighted by Gasteiger charge is -2.33. The van der Waals surface area contributed by atoms with Crippen LogP contribution in [0.2, 0.25) is 0 Å². The lowest BCUT2D eigenvalue weighted by atomic mass is 9.66. The summed E-state index contributed by atoms with van der Waals surface area (Å²) >= 11 is 0. The number of aromatic nitrogens is 1. The maximum Gasteiger partial charge on any atom is 0.303 e. The van der Waals surface area contributed by atoms with E-state index in [2.05, 4.69) is 24.1 Å². The average Bonchev–Trinajstić information content (AvgIpc) is 3.69. The summed E-state index contributed by atoms with van der Waals surface area (Å²) in [5.41, 5.74) is -1.59. The molecule has 0 bridgehead atoms. The van der Waals surface area contributed by atoms with Crippen LogP contribution in [0.3, 0.4) is 0 Å². The number of carboxylic acids is 2. The zero-order chi connectivity index (χ0) is 33.7. The van der Waals surface area contributed by atoms with Crippen molar-refractivity contribution in [1.29, 1.82) is 0 Å². The quantitative estimate of drug-likeness (QED) is 0.0503. The number of unbranched alkanes of at least 4 members (excludes halogenated alkanes) is 16. The van der Waals surface area contributed by atoms with Crippen molar-refractivity contribution in [2.45, 2.75) is 186 Å². The third-order valence-electron chi connectivity index (χ3n) is 10.1. The monoisotopic (exact) mass is 644 g/mol. The van der Waals surface area contributed by atoms with Crippen molar-refractivity contribution in [1.82, 2.24) is 10.3 Å². The van der Waals surface area contributed by atoms with Gasteiger partial charge in [-0.15, -0.1) is 0 Å². The Balaban J connectivity index is 2.23. The zero-order valence-corrected chi connectivity index (χ0v) is 29.0. The Hall–Kier alpha value is -2.48. The number of carbonyl (C=O) groups excluding carboxylic acids is 2. The highest BCUT2D eigenvalue weighted by molar-refractivity contribution is 6.08. The van der Waals surface area contributed by atoms with Crippen LogP contribution < -0.4 is 5.32 Å². The van der Waals surface area contributed by atoms with Crippen LogP contribution in [0.1, 0.15) is 186 Å². The van der Waals surface area contributed by atoms with Crippen LogP contribution >= 0.6 is 0 Å². The van der Waals surface area contributed by atoms with Crippen molar-refractivity contribution in [3.8, 4) is 0 Å². The van der Waals surface area contributed by atoms with Crippen LogP contribution in [0.25, 0.3) is 0 Å². The van der Waals surface area contributed by atoms with E-state index in [1.165, 1.54) is 64.2 Å². The summed E-state index contributed by atoms with van der Waals surface area (Å²) in [5.74, 6) is -2.13. The van der Waals surface area contributed by atoms with Crippen LogP contribution in [0.15, 0.2) is 18.3 Å². The number of hydrogen-bond acceptors (Lipinski definition) is 5. The molecule has 8 heteroatoms. The van der Waals surface area contributed by atoms with Crippen molar-refractivity contribution in [3.63, 3.8) is 0 Å². The van der Waals surface area contributed by atoms with Crippen molar-refractivity contribution in [3.05, 3.63) is 24.0 Å². The molecule has 1 fully saturated rings. The van der Waals surface area contributed by atoms with Gasteiger partial charge in [-0.25, -0.2) is 0 Å². The number of Topliss-reactive ketones (excluding diaryl/α,β-unsaturated/α-hetero) is 2. The van der Waals surface area contributed by atoms with E-state index in [4.69, 9.17) is 0 Å². The Morgan fingerprint density at radius 2 is 1.07 bits per heavy atom. The minimum absolute atomic E-state index is 0.0870. The molecular weight excluding hydrogens is 580 g/mol. The second-order valence-corrected chi connectivity index (χ2v) is 13.9. The molecule has 2 rings (SSSR count). The van der Waals surface area contributed by atoms with Crippen molar-refractivity contribution in [2.75, 3.05) is 0 Å². The summed E-state index contributed by atoms with van der Waals surface area (Å²) in [6, 6.07) is 3.06. The van der Waals surface area contributed by atoms with Gasteiger partial charge in [0.1, 0.15) is 17.0 Å². The van der Waals surface area contributed by atoms with Crippen LogP contribution in [0, 0.1) is 5.41 Å². The molecule has 8 nitrogen and oxygen atoms in total. The Morgan fingerprint density at radius 3 is 1.43 bits per heavy atom. The fourth-order valence-electron chi connectivity index (χ4n) is 7.43. The maximum atomic E-state index is 14.4. The first kappa shape index (κ1) is 39.7. The lowest BCUT2D eigenvalue weighted by molar-refractivity contribution is -0.142. The van der Waals surface area contributed by atoms with Crippen molar-refractivity contribution >= 4 is 23.5 Å². The molecule has 1 saturated heterocycles. The number of H-pyrrole nitrogens is 1.